The maximum atomic E-state index is 13.1. The standard InChI is InChI=1S/C13H17F3N2/c1-8(2)18-9(3)7-17-11-6-4-5-10(12(11)18)13(14,15)16/h4-6,8-9,17H,7H2,1-3H3. The molecule has 2 rings (SSSR count). The molecule has 100 valence electrons. The van der Waals surface area contributed by atoms with Crippen molar-refractivity contribution in [1.29, 1.82) is 0 Å². The van der Waals surface area contributed by atoms with E-state index in [2.05, 4.69) is 5.32 Å². The number of nitrogens with zero attached hydrogens (tertiary/aromatic N) is 1. The molecular weight excluding hydrogens is 241 g/mol. The van der Waals surface area contributed by atoms with Crippen molar-refractivity contribution in [2.75, 3.05) is 16.8 Å². The zero-order chi connectivity index (χ0) is 13.5. The van der Waals surface area contributed by atoms with E-state index >= 15 is 0 Å². The molecule has 2 nitrogen and oxygen atoms in total. The van der Waals surface area contributed by atoms with Crippen molar-refractivity contribution in [3.8, 4) is 0 Å². The van der Waals surface area contributed by atoms with E-state index in [9.17, 15) is 13.2 Å². The van der Waals surface area contributed by atoms with Crippen molar-refractivity contribution in [2.24, 2.45) is 0 Å². The summed E-state index contributed by atoms with van der Waals surface area (Å²) in [7, 11) is 0. The number of hydrogen-bond acceptors (Lipinski definition) is 2. The molecule has 1 aliphatic heterocycles. The lowest BCUT2D eigenvalue weighted by Gasteiger charge is -2.42. The van der Waals surface area contributed by atoms with Gasteiger partial charge in [-0.25, -0.2) is 0 Å². The fraction of sp³-hybridized carbons (Fsp3) is 0.538. The zero-order valence-corrected chi connectivity index (χ0v) is 10.7. The molecule has 1 heterocycles. The molecule has 5 heteroatoms. The monoisotopic (exact) mass is 258 g/mol. The second-order valence-corrected chi connectivity index (χ2v) is 4.93. The molecule has 0 saturated carbocycles. The molecule has 1 aliphatic rings. The van der Waals surface area contributed by atoms with Gasteiger partial charge in [0.05, 0.1) is 16.9 Å². The van der Waals surface area contributed by atoms with E-state index in [4.69, 9.17) is 0 Å². The van der Waals surface area contributed by atoms with Crippen LogP contribution in [0.2, 0.25) is 0 Å². The summed E-state index contributed by atoms with van der Waals surface area (Å²) in [5.74, 6) is 0. The van der Waals surface area contributed by atoms with Crippen LogP contribution in [0.5, 0.6) is 0 Å². The third kappa shape index (κ3) is 2.13. The minimum absolute atomic E-state index is 0.0318. The maximum absolute atomic E-state index is 13.1. The van der Waals surface area contributed by atoms with Crippen LogP contribution in [0, 0.1) is 0 Å². The van der Waals surface area contributed by atoms with Gasteiger partial charge in [0.2, 0.25) is 0 Å². The summed E-state index contributed by atoms with van der Waals surface area (Å²) in [5.41, 5.74) is 0.281. The van der Waals surface area contributed by atoms with Crippen LogP contribution in [-0.2, 0) is 6.18 Å². The summed E-state index contributed by atoms with van der Waals surface area (Å²) in [6, 6.07) is 4.37. The first kappa shape index (κ1) is 13.1. The van der Waals surface area contributed by atoms with Crippen LogP contribution in [0.3, 0.4) is 0 Å². The molecule has 0 spiro atoms. The van der Waals surface area contributed by atoms with Crippen molar-refractivity contribution in [3.63, 3.8) is 0 Å². The molecule has 0 saturated heterocycles. The van der Waals surface area contributed by atoms with Gasteiger partial charge in [0.1, 0.15) is 0 Å². The number of fused-ring (bicyclic) bond motifs is 1. The fourth-order valence-corrected chi connectivity index (χ4v) is 2.54. The molecule has 0 fully saturated rings. The average Bonchev–Trinajstić information content (AvgIpc) is 2.26. The second-order valence-electron chi connectivity index (χ2n) is 4.93. The van der Waals surface area contributed by atoms with Gasteiger partial charge in [0, 0.05) is 18.6 Å². The number of benzene rings is 1. The van der Waals surface area contributed by atoms with Gasteiger partial charge < -0.3 is 10.2 Å². The fourth-order valence-electron chi connectivity index (χ4n) is 2.54. The summed E-state index contributed by atoms with van der Waals surface area (Å²) >= 11 is 0. The lowest BCUT2D eigenvalue weighted by atomic mass is 10.0. The van der Waals surface area contributed by atoms with E-state index in [1.54, 1.807) is 6.07 Å². The van der Waals surface area contributed by atoms with E-state index in [1.165, 1.54) is 6.07 Å². The maximum Gasteiger partial charge on any atom is 0.418 e. The molecule has 1 aromatic carbocycles. The largest absolute Gasteiger partial charge is 0.418 e. The molecule has 0 bridgehead atoms. The highest BCUT2D eigenvalue weighted by Gasteiger charge is 2.38. The Hall–Kier alpha value is -1.39. The van der Waals surface area contributed by atoms with Crippen molar-refractivity contribution in [2.45, 2.75) is 39.0 Å². The van der Waals surface area contributed by atoms with E-state index in [0.29, 0.717) is 12.2 Å². The summed E-state index contributed by atoms with van der Waals surface area (Å²) < 4.78 is 39.3. The number of rotatable bonds is 1. The molecule has 1 atom stereocenters. The first-order chi connectivity index (χ1) is 8.32. The molecule has 0 aromatic heterocycles. The smallest absolute Gasteiger partial charge is 0.381 e. The van der Waals surface area contributed by atoms with E-state index in [-0.39, 0.29) is 17.8 Å². The minimum atomic E-state index is -4.32. The SMILES string of the molecule is CC(C)N1c2c(cccc2C(F)(F)F)NCC1C. The van der Waals surface area contributed by atoms with Gasteiger partial charge in [-0.05, 0) is 32.9 Å². The van der Waals surface area contributed by atoms with Gasteiger partial charge in [-0.2, -0.15) is 13.2 Å². The van der Waals surface area contributed by atoms with Crippen LogP contribution in [0.1, 0.15) is 26.3 Å². The Morgan fingerprint density at radius 2 is 2.00 bits per heavy atom. The second kappa shape index (κ2) is 4.37. The Morgan fingerprint density at radius 1 is 1.33 bits per heavy atom. The van der Waals surface area contributed by atoms with Gasteiger partial charge in [-0.1, -0.05) is 6.07 Å². The summed E-state index contributed by atoms with van der Waals surface area (Å²) in [6.07, 6.45) is -4.32. The molecule has 0 radical (unpaired) electrons. The summed E-state index contributed by atoms with van der Waals surface area (Å²) in [6.45, 7) is 6.42. The number of para-hydroxylation sites is 1. The third-order valence-electron chi connectivity index (χ3n) is 3.22. The van der Waals surface area contributed by atoms with Crippen molar-refractivity contribution >= 4 is 11.4 Å². The topological polar surface area (TPSA) is 15.3 Å². The molecule has 1 aromatic rings. The molecule has 1 N–H and O–H groups in total. The first-order valence-electron chi connectivity index (χ1n) is 6.04. The van der Waals surface area contributed by atoms with Gasteiger partial charge in [-0.3, -0.25) is 0 Å². The highest BCUT2D eigenvalue weighted by molar-refractivity contribution is 5.77. The van der Waals surface area contributed by atoms with Crippen molar-refractivity contribution in [3.05, 3.63) is 23.8 Å². The number of nitrogens with one attached hydrogen (secondary N) is 1. The van der Waals surface area contributed by atoms with Crippen molar-refractivity contribution in [1.82, 2.24) is 0 Å². The predicted molar refractivity (Wildman–Crippen MR) is 67.0 cm³/mol. The van der Waals surface area contributed by atoms with Crippen LogP contribution in [-0.4, -0.2) is 18.6 Å². The molecule has 0 amide bonds. The summed E-state index contributed by atoms with van der Waals surface area (Å²) in [4.78, 5) is 1.84. The molecule has 1 unspecified atom stereocenters. The van der Waals surface area contributed by atoms with Crippen LogP contribution >= 0.6 is 0 Å². The van der Waals surface area contributed by atoms with Crippen molar-refractivity contribution < 1.29 is 13.2 Å². The van der Waals surface area contributed by atoms with E-state index < -0.39 is 11.7 Å². The first-order valence-corrected chi connectivity index (χ1v) is 6.04. The van der Waals surface area contributed by atoms with Crippen LogP contribution in [0.15, 0.2) is 18.2 Å². The van der Waals surface area contributed by atoms with E-state index in [1.807, 2.05) is 25.7 Å². The Kier molecular flexibility index (Phi) is 3.17. The highest BCUT2D eigenvalue weighted by Crippen LogP contribution is 2.43. The van der Waals surface area contributed by atoms with Crippen LogP contribution in [0.25, 0.3) is 0 Å². The normalized spacial score (nSPS) is 19.7. The quantitative estimate of drug-likeness (QED) is 0.825. The number of hydrogen-bond donors (Lipinski definition) is 1. The average molecular weight is 258 g/mol. The predicted octanol–water partition coefficient (Wildman–Crippen LogP) is 3.73. The minimum Gasteiger partial charge on any atom is -0.381 e. The zero-order valence-electron chi connectivity index (χ0n) is 10.7. The Bertz CT molecular complexity index is 440. The van der Waals surface area contributed by atoms with Gasteiger partial charge >= 0.3 is 6.18 Å². The third-order valence-corrected chi connectivity index (χ3v) is 3.22. The number of halogens is 3. The van der Waals surface area contributed by atoms with Gasteiger partial charge in [0.15, 0.2) is 0 Å². The van der Waals surface area contributed by atoms with Gasteiger partial charge in [-0.15, -0.1) is 0 Å². The summed E-state index contributed by atoms with van der Waals surface area (Å²) in [5, 5.41) is 3.07. The molecule has 0 aliphatic carbocycles. The van der Waals surface area contributed by atoms with Gasteiger partial charge in [0.25, 0.3) is 0 Å². The highest BCUT2D eigenvalue weighted by atomic mass is 19.4. The lowest BCUT2D eigenvalue weighted by Crippen LogP contribution is -2.47. The van der Waals surface area contributed by atoms with Crippen LogP contribution < -0.4 is 10.2 Å². The Labute approximate surface area is 105 Å². The Morgan fingerprint density at radius 3 is 2.56 bits per heavy atom. The van der Waals surface area contributed by atoms with E-state index in [0.717, 1.165) is 6.07 Å². The Balaban J connectivity index is 2.61. The number of anilines is 2. The van der Waals surface area contributed by atoms with Crippen LogP contribution in [0.4, 0.5) is 24.5 Å². The lowest BCUT2D eigenvalue weighted by molar-refractivity contribution is -0.137. The molecular formula is C13H17F3N2. The number of alkyl halides is 3. The molecule has 18 heavy (non-hydrogen) atoms.